The maximum atomic E-state index is 2.44. The third kappa shape index (κ3) is 1.78. The molecular formula is C13H24. The molecule has 2 rings (SSSR count). The Labute approximate surface area is 83.1 Å². The molecule has 0 spiro atoms. The quantitative estimate of drug-likeness (QED) is 0.606. The first-order valence-electron chi connectivity index (χ1n) is 6.16. The van der Waals surface area contributed by atoms with Crippen LogP contribution in [0.25, 0.3) is 0 Å². The Balaban J connectivity index is 1.77. The molecule has 0 amide bonds. The molecule has 0 heteroatoms. The third-order valence-corrected chi connectivity index (χ3v) is 4.63. The second kappa shape index (κ2) is 3.29. The molecule has 4 unspecified atom stereocenters. The first-order valence-corrected chi connectivity index (χ1v) is 6.16. The van der Waals surface area contributed by atoms with Crippen molar-refractivity contribution in [1.82, 2.24) is 0 Å². The first kappa shape index (κ1) is 9.55. The van der Waals surface area contributed by atoms with E-state index in [0.717, 1.165) is 23.2 Å². The Morgan fingerprint density at radius 2 is 2.15 bits per heavy atom. The van der Waals surface area contributed by atoms with Crippen molar-refractivity contribution in [3.8, 4) is 0 Å². The van der Waals surface area contributed by atoms with Gasteiger partial charge in [0, 0.05) is 0 Å². The molecule has 2 aliphatic carbocycles. The smallest absolute Gasteiger partial charge is 0.0263 e. The van der Waals surface area contributed by atoms with Gasteiger partial charge in [0.2, 0.25) is 0 Å². The average Bonchev–Trinajstić information content (AvgIpc) is 2.66. The summed E-state index contributed by atoms with van der Waals surface area (Å²) in [6, 6.07) is 0. The van der Waals surface area contributed by atoms with Gasteiger partial charge in [-0.3, -0.25) is 0 Å². The predicted octanol–water partition coefficient (Wildman–Crippen LogP) is 4.25. The van der Waals surface area contributed by atoms with E-state index < -0.39 is 0 Å². The summed E-state index contributed by atoms with van der Waals surface area (Å²) in [4.78, 5) is 0. The molecule has 0 aromatic heterocycles. The zero-order valence-electron chi connectivity index (χ0n) is 9.47. The van der Waals surface area contributed by atoms with E-state index in [-0.39, 0.29) is 0 Å². The summed E-state index contributed by atoms with van der Waals surface area (Å²) in [7, 11) is 0. The van der Waals surface area contributed by atoms with E-state index in [1.807, 2.05) is 0 Å². The number of rotatable bonds is 4. The van der Waals surface area contributed by atoms with E-state index >= 15 is 0 Å². The van der Waals surface area contributed by atoms with E-state index in [2.05, 4.69) is 20.8 Å². The van der Waals surface area contributed by atoms with Gasteiger partial charge in [0.15, 0.2) is 0 Å². The van der Waals surface area contributed by atoms with Crippen molar-refractivity contribution in [2.45, 2.75) is 59.3 Å². The zero-order chi connectivity index (χ0) is 9.47. The summed E-state index contributed by atoms with van der Waals surface area (Å²) in [5, 5.41) is 0. The summed E-state index contributed by atoms with van der Waals surface area (Å²) < 4.78 is 0. The Morgan fingerprint density at radius 1 is 1.38 bits per heavy atom. The number of fused-ring (bicyclic) bond motifs is 1. The normalized spacial score (nSPS) is 44.5. The monoisotopic (exact) mass is 180 g/mol. The maximum absolute atomic E-state index is 2.44. The van der Waals surface area contributed by atoms with Crippen LogP contribution in [0.3, 0.4) is 0 Å². The molecule has 2 fully saturated rings. The maximum Gasteiger partial charge on any atom is -0.0263 e. The molecule has 0 radical (unpaired) electrons. The van der Waals surface area contributed by atoms with Crippen molar-refractivity contribution in [2.24, 2.45) is 23.2 Å². The molecule has 76 valence electrons. The van der Waals surface area contributed by atoms with Crippen molar-refractivity contribution < 1.29 is 0 Å². The molecule has 0 aliphatic heterocycles. The number of hydrogen-bond donors (Lipinski definition) is 0. The van der Waals surface area contributed by atoms with Crippen LogP contribution in [-0.4, -0.2) is 0 Å². The van der Waals surface area contributed by atoms with Crippen LogP contribution in [0.5, 0.6) is 0 Å². The Kier molecular flexibility index (Phi) is 2.42. The van der Waals surface area contributed by atoms with Gasteiger partial charge in [0.25, 0.3) is 0 Å². The highest BCUT2D eigenvalue weighted by atomic mass is 14.6. The highest BCUT2D eigenvalue weighted by Gasteiger charge is 2.57. The SMILES string of the molecule is CCC(C)CCC12CC(C)CC1C2. The van der Waals surface area contributed by atoms with Crippen LogP contribution in [0, 0.1) is 23.2 Å². The van der Waals surface area contributed by atoms with Crippen LogP contribution in [0.15, 0.2) is 0 Å². The second-order valence-electron chi connectivity index (χ2n) is 5.86. The molecular weight excluding hydrogens is 156 g/mol. The van der Waals surface area contributed by atoms with Gasteiger partial charge in [-0.15, -0.1) is 0 Å². The molecule has 0 heterocycles. The van der Waals surface area contributed by atoms with E-state index in [1.54, 1.807) is 19.3 Å². The lowest BCUT2D eigenvalue weighted by Gasteiger charge is -2.16. The third-order valence-electron chi connectivity index (χ3n) is 4.63. The van der Waals surface area contributed by atoms with Crippen LogP contribution in [0.2, 0.25) is 0 Å². The molecule has 0 saturated heterocycles. The molecule has 0 aromatic carbocycles. The lowest BCUT2D eigenvalue weighted by molar-refractivity contribution is 0.355. The van der Waals surface area contributed by atoms with Crippen LogP contribution in [0.4, 0.5) is 0 Å². The molecule has 13 heavy (non-hydrogen) atoms. The van der Waals surface area contributed by atoms with Gasteiger partial charge in [-0.25, -0.2) is 0 Å². The predicted molar refractivity (Wildman–Crippen MR) is 57.6 cm³/mol. The zero-order valence-corrected chi connectivity index (χ0v) is 9.47. The Bertz CT molecular complexity index is 184. The summed E-state index contributed by atoms with van der Waals surface area (Å²) in [5.41, 5.74) is 0.864. The van der Waals surface area contributed by atoms with Gasteiger partial charge in [-0.2, -0.15) is 0 Å². The fourth-order valence-corrected chi connectivity index (χ4v) is 3.42. The second-order valence-corrected chi connectivity index (χ2v) is 5.86. The highest BCUT2D eigenvalue weighted by molar-refractivity contribution is 5.07. The van der Waals surface area contributed by atoms with Crippen molar-refractivity contribution in [3.63, 3.8) is 0 Å². The minimum absolute atomic E-state index is 0.864. The summed E-state index contributed by atoms with van der Waals surface area (Å²) >= 11 is 0. The minimum atomic E-state index is 0.864. The van der Waals surface area contributed by atoms with Gasteiger partial charge in [0.05, 0.1) is 0 Å². The van der Waals surface area contributed by atoms with Crippen LogP contribution < -0.4 is 0 Å². The van der Waals surface area contributed by atoms with Crippen molar-refractivity contribution >= 4 is 0 Å². The fourth-order valence-electron chi connectivity index (χ4n) is 3.42. The Hall–Kier alpha value is 0. The summed E-state index contributed by atoms with van der Waals surface area (Å²) in [6.45, 7) is 7.17. The van der Waals surface area contributed by atoms with Crippen LogP contribution in [0.1, 0.15) is 59.3 Å². The largest absolute Gasteiger partial charge is 0.0651 e. The van der Waals surface area contributed by atoms with E-state index in [1.165, 1.54) is 19.3 Å². The van der Waals surface area contributed by atoms with Gasteiger partial charge < -0.3 is 0 Å². The van der Waals surface area contributed by atoms with Gasteiger partial charge in [-0.1, -0.05) is 33.6 Å². The fraction of sp³-hybridized carbons (Fsp3) is 1.00. The van der Waals surface area contributed by atoms with Gasteiger partial charge in [0.1, 0.15) is 0 Å². The van der Waals surface area contributed by atoms with E-state index in [9.17, 15) is 0 Å². The molecule has 0 N–H and O–H groups in total. The summed E-state index contributed by atoms with van der Waals surface area (Å²) in [6.07, 6.45) is 9.06. The van der Waals surface area contributed by atoms with Crippen LogP contribution >= 0.6 is 0 Å². The average molecular weight is 180 g/mol. The summed E-state index contributed by atoms with van der Waals surface area (Å²) in [5.74, 6) is 3.15. The first-order chi connectivity index (χ1) is 6.16. The molecule has 0 bridgehead atoms. The lowest BCUT2D eigenvalue weighted by Crippen LogP contribution is -2.04. The topological polar surface area (TPSA) is 0 Å². The van der Waals surface area contributed by atoms with E-state index in [0.29, 0.717) is 0 Å². The van der Waals surface area contributed by atoms with E-state index in [4.69, 9.17) is 0 Å². The van der Waals surface area contributed by atoms with Gasteiger partial charge >= 0.3 is 0 Å². The molecule has 2 saturated carbocycles. The van der Waals surface area contributed by atoms with Crippen molar-refractivity contribution in [1.29, 1.82) is 0 Å². The van der Waals surface area contributed by atoms with Gasteiger partial charge in [-0.05, 0) is 48.9 Å². The minimum Gasteiger partial charge on any atom is -0.0651 e. The molecule has 4 atom stereocenters. The highest BCUT2D eigenvalue weighted by Crippen LogP contribution is 2.67. The lowest BCUT2D eigenvalue weighted by atomic mass is 9.90. The van der Waals surface area contributed by atoms with Crippen molar-refractivity contribution in [2.75, 3.05) is 0 Å². The van der Waals surface area contributed by atoms with Crippen molar-refractivity contribution in [3.05, 3.63) is 0 Å². The molecule has 0 aromatic rings. The van der Waals surface area contributed by atoms with Crippen LogP contribution in [-0.2, 0) is 0 Å². The molecule has 2 aliphatic rings. The number of hydrogen-bond acceptors (Lipinski definition) is 0. The molecule has 0 nitrogen and oxygen atoms in total. The standard InChI is InChI=1S/C13H24/c1-4-10(2)5-6-13-8-11(3)7-12(13)9-13/h10-12H,4-9H2,1-3H3. The Morgan fingerprint density at radius 3 is 2.69 bits per heavy atom.